The van der Waals surface area contributed by atoms with Gasteiger partial charge in [-0.2, -0.15) is 0 Å². The fourth-order valence-corrected chi connectivity index (χ4v) is 2.07. The maximum atomic E-state index is 2.32. The molecular weight excluding hydrogens is 187 g/mol. The molecule has 0 saturated heterocycles. The molecule has 6 heavy (non-hydrogen) atoms. The summed E-state index contributed by atoms with van der Waals surface area (Å²) in [4.78, 5) is 0. The molecule has 0 N–H and O–H groups in total. The second-order valence-electron chi connectivity index (χ2n) is 1.27. The first-order chi connectivity index (χ1) is 2.89. The predicted molar refractivity (Wildman–Crippen MR) is 22.9 cm³/mol. The Balaban J connectivity index is 2.68. The van der Waals surface area contributed by atoms with Crippen LogP contribution in [0.15, 0.2) is 19.8 Å². The summed E-state index contributed by atoms with van der Waals surface area (Å²) in [5.41, 5.74) is 1.45. The molecule has 1 heterocycles. The van der Waals surface area contributed by atoms with Gasteiger partial charge in [0.1, 0.15) is 0 Å². The average Bonchev–Trinajstić information content (AvgIpc) is 1.86. The molecule has 0 aromatic heterocycles. The molecule has 1 heteroatoms. The zero-order valence-electron chi connectivity index (χ0n) is 3.61. The summed E-state index contributed by atoms with van der Waals surface area (Å²) >= 11 is 0.359. The zero-order valence-corrected chi connectivity index (χ0v) is 5.77. The Bertz CT molecular complexity index is 97.8. The number of halogens is 1. The summed E-state index contributed by atoms with van der Waals surface area (Å²) in [5.74, 6) is 0. The number of hydrogen-bond donors (Lipinski definition) is 0. The number of hydrogen-bond acceptors (Lipinski definition) is 0. The summed E-state index contributed by atoms with van der Waals surface area (Å²) in [5, 5.41) is 0. The maximum absolute atomic E-state index is 2.32. The molecule has 0 unspecified atom stereocenters. The van der Waals surface area contributed by atoms with Crippen LogP contribution in [0.1, 0.15) is 6.92 Å². The predicted octanol–water partition coefficient (Wildman–Crippen LogP) is -1.49. The van der Waals surface area contributed by atoms with Gasteiger partial charge in [-0.25, -0.2) is 0 Å². The van der Waals surface area contributed by atoms with Gasteiger partial charge in [0, 0.05) is 0 Å². The quantitative estimate of drug-likeness (QED) is 0.411. The van der Waals surface area contributed by atoms with Crippen molar-refractivity contribution in [3.05, 3.63) is 19.8 Å². The van der Waals surface area contributed by atoms with E-state index in [1.807, 2.05) is 0 Å². The number of allylic oxidation sites excluding steroid dienone is 2. The Kier molecular flexibility index (Phi) is 1.29. The van der Waals surface area contributed by atoms with E-state index in [9.17, 15) is 0 Å². The first-order valence-electron chi connectivity index (χ1n) is 1.85. The van der Waals surface area contributed by atoms with Crippen molar-refractivity contribution in [2.24, 2.45) is 0 Å². The van der Waals surface area contributed by atoms with Crippen LogP contribution in [-0.4, -0.2) is 0 Å². The van der Waals surface area contributed by atoms with E-state index in [-0.39, 0.29) is 0 Å². The zero-order chi connectivity index (χ0) is 4.41. The third-order valence-electron chi connectivity index (χ3n) is 0.634. The Labute approximate surface area is 48.2 Å². The summed E-state index contributed by atoms with van der Waals surface area (Å²) in [7, 11) is 0. The van der Waals surface area contributed by atoms with Crippen LogP contribution in [0.2, 0.25) is 0 Å². The van der Waals surface area contributed by atoms with Gasteiger partial charge in [0.05, 0.1) is 0 Å². The SMILES string of the molecule is CC1=C[I-]C=C1. The van der Waals surface area contributed by atoms with E-state index in [1.165, 1.54) is 5.57 Å². The third-order valence-corrected chi connectivity index (χ3v) is 2.75. The molecule has 0 aromatic carbocycles. The van der Waals surface area contributed by atoms with Gasteiger partial charge in [0.25, 0.3) is 0 Å². The van der Waals surface area contributed by atoms with Crippen LogP contribution in [0.4, 0.5) is 0 Å². The van der Waals surface area contributed by atoms with Gasteiger partial charge in [-0.05, 0) is 0 Å². The fraction of sp³-hybridized carbons (Fsp3) is 0.200. The van der Waals surface area contributed by atoms with Gasteiger partial charge in [0.15, 0.2) is 0 Å². The molecule has 0 nitrogen and oxygen atoms in total. The molecule has 34 valence electrons. The Morgan fingerprint density at radius 2 is 2.50 bits per heavy atom. The normalized spacial score (nSPS) is 19.8. The van der Waals surface area contributed by atoms with Crippen LogP contribution in [0.25, 0.3) is 0 Å². The molecular formula is C5H6I-. The van der Waals surface area contributed by atoms with Crippen molar-refractivity contribution in [1.82, 2.24) is 0 Å². The summed E-state index contributed by atoms with van der Waals surface area (Å²) in [6.45, 7) is 2.14. The number of rotatable bonds is 0. The van der Waals surface area contributed by atoms with Crippen LogP contribution in [-0.2, 0) is 0 Å². The monoisotopic (exact) mass is 193 g/mol. The van der Waals surface area contributed by atoms with Crippen molar-refractivity contribution >= 4 is 0 Å². The molecule has 0 radical (unpaired) electrons. The summed E-state index contributed by atoms with van der Waals surface area (Å²) < 4.78 is 4.59. The van der Waals surface area contributed by atoms with E-state index in [0.717, 1.165) is 0 Å². The van der Waals surface area contributed by atoms with Crippen LogP contribution in [0.3, 0.4) is 0 Å². The van der Waals surface area contributed by atoms with E-state index in [4.69, 9.17) is 0 Å². The second-order valence-corrected chi connectivity index (χ2v) is 3.33. The van der Waals surface area contributed by atoms with Crippen molar-refractivity contribution in [1.29, 1.82) is 0 Å². The Morgan fingerprint density at radius 3 is 2.67 bits per heavy atom. The molecule has 0 bridgehead atoms. The molecule has 1 rings (SSSR count). The molecule has 0 aliphatic carbocycles. The summed E-state index contributed by atoms with van der Waals surface area (Å²) in [6.07, 6.45) is 2.19. The van der Waals surface area contributed by atoms with Crippen molar-refractivity contribution in [2.45, 2.75) is 6.92 Å². The molecule has 0 fully saturated rings. The first kappa shape index (κ1) is 4.37. The van der Waals surface area contributed by atoms with Crippen LogP contribution >= 0.6 is 0 Å². The van der Waals surface area contributed by atoms with Crippen molar-refractivity contribution in [2.75, 3.05) is 0 Å². The topological polar surface area (TPSA) is 0 Å². The average molecular weight is 193 g/mol. The van der Waals surface area contributed by atoms with Crippen LogP contribution < -0.4 is 21.2 Å². The van der Waals surface area contributed by atoms with Crippen LogP contribution in [0, 0.1) is 0 Å². The fourth-order valence-electron chi connectivity index (χ4n) is 0.308. The molecule has 1 aliphatic heterocycles. The van der Waals surface area contributed by atoms with Crippen LogP contribution in [0.5, 0.6) is 0 Å². The molecule has 0 amide bonds. The third kappa shape index (κ3) is 0.834. The molecule has 0 aromatic rings. The molecule has 0 atom stereocenters. The standard InChI is InChI=1S/C5H6I/c1-5-2-3-6-4-5/h2-4H,1H3/q-1. The Hall–Kier alpha value is 0.210. The van der Waals surface area contributed by atoms with Gasteiger partial charge in [-0.1, -0.05) is 0 Å². The minimum atomic E-state index is 0.359. The second kappa shape index (κ2) is 1.78. The van der Waals surface area contributed by atoms with Gasteiger partial charge >= 0.3 is 47.9 Å². The van der Waals surface area contributed by atoms with Crippen molar-refractivity contribution < 1.29 is 21.2 Å². The minimum absolute atomic E-state index is 0.359. The van der Waals surface area contributed by atoms with Gasteiger partial charge in [-0.15, -0.1) is 0 Å². The van der Waals surface area contributed by atoms with E-state index < -0.39 is 0 Å². The van der Waals surface area contributed by atoms with E-state index in [1.54, 1.807) is 0 Å². The van der Waals surface area contributed by atoms with Crippen molar-refractivity contribution in [3.8, 4) is 0 Å². The van der Waals surface area contributed by atoms with E-state index >= 15 is 0 Å². The summed E-state index contributed by atoms with van der Waals surface area (Å²) in [6, 6.07) is 0. The Morgan fingerprint density at radius 1 is 1.67 bits per heavy atom. The van der Waals surface area contributed by atoms with E-state index in [2.05, 4.69) is 21.2 Å². The van der Waals surface area contributed by atoms with E-state index in [0.29, 0.717) is 21.2 Å². The van der Waals surface area contributed by atoms with Gasteiger partial charge in [-0.3, -0.25) is 0 Å². The van der Waals surface area contributed by atoms with Crippen molar-refractivity contribution in [3.63, 3.8) is 0 Å². The first-order valence-corrected chi connectivity index (χ1v) is 4.34. The molecule has 1 aliphatic rings. The molecule has 0 saturated carbocycles. The van der Waals surface area contributed by atoms with Gasteiger partial charge < -0.3 is 0 Å². The molecule has 0 spiro atoms. The van der Waals surface area contributed by atoms with Gasteiger partial charge in [0.2, 0.25) is 0 Å².